The van der Waals surface area contributed by atoms with E-state index in [9.17, 15) is 4.79 Å². The van der Waals surface area contributed by atoms with Gasteiger partial charge >= 0.3 is 0 Å². The van der Waals surface area contributed by atoms with Crippen molar-refractivity contribution in [2.75, 3.05) is 5.73 Å². The molecule has 0 saturated heterocycles. The highest BCUT2D eigenvalue weighted by Crippen LogP contribution is 2.32. The van der Waals surface area contributed by atoms with E-state index in [4.69, 9.17) is 11.5 Å². The van der Waals surface area contributed by atoms with Gasteiger partial charge in [0.2, 0.25) is 0 Å². The molecule has 1 aromatic heterocycles. The Morgan fingerprint density at radius 1 is 1.50 bits per heavy atom. The summed E-state index contributed by atoms with van der Waals surface area (Å²) >= 11 is 0. The van der Waals surface area contributed by atoms with Crippen molar-refractivity contribution >= 4 is 11.5 Å². The molecule has 2 rings (SSSR count). The Labute approximate surface area is 95.0 Å². The summed E-state index contributed by atoms with van der Waals surface area (Å²) in [6.45, 7) is 0. The molecule has 4 nitrogen and oxygen atoms in total. The van der Waals surface area contributed by atoms with Crippen molar-refractivity contribution in [1.29, 1.82) is 0 Å². The van der Waals surface area contributed by atoms with Crippen LogP contribution >= 0.6 is 0 Å². The van der Waals surface area contributed by atoms with Gasteiger partial charge in [0.25, 0.3) is 0 Å². The quantitative estimate of drug-likeness (QED) is 0.793. The fraction of sp³-hybridized carbons (Fsp3) is 0.500. The molecule has 4 N–H and O–H groups in total. The molecule has 1 aromatic rings. The number of rotatable bonds is 4. The van der Waals surface area contributed by atoms with Crippen molar-refractivity contribution in [2.24, 2.45) is 5.73 Å². The van der Waals surface area contributed by atoms with Crippen LogP contribution in [-0.2, 0) is 11.2 Å². The average Bonchev–Trinajstić information content (AvgIpc) is 2.19. The van der Waals surface area contributed by atoms with Crippen LogP contribution in [0.5, 0.6) is 0 Å². The molecule has 1 heterocycles. The van der Waals surface area contributed by atoms with Gasteiger partial charge < -0.3 is 11.5 Å². The van der Waals surface area contributed by atoms with Crippen molar-refractivity contribution in [3.8, 4) is 0 Å². The average molecular weight is 219 g/mol. The Morgan fingerprint density at radius 2 is 2.25 bits per heavy atom. The minimum atomic E-state index is -0.242. The Bertz CT molecular complexity index is 399. The second-order valence-electron chi connectivity index (χ2n) is 4.68. The SMILES string of the molecule is Nc1ccncc1CC(=O)CC1(N)CCC1. The molecule has 0 spiro atoms. The van der Waals surface area contributed by atoms with Crippen LogP contribution in [0.4, 0.5) is 5.69 Å². The predicted molar refractivity (Wildman–Crippen MR) is 62.7 cm³/mol. The molecule has 4 heteroatoms. The molecule has 1 fully saturated rings. The molecule has 0 aliphatic heterocycles. The number of aromatic nitrogens is 1. The number of anilines is 1. The number of nitrogens with two attached hydrogens (primary N) is 2. The van der Waals surface area contributed by atoms with Crippen molar-refractivity contribution in [1.82, 2.24) is 4.98 Å². The van der Waals surface area contributed by atoms with Crippen molar-refractivity contribution in [2.45, 2.75) is 37.6 Å². The highest BCUT2D eigenvalue weighted by molar-refractivity contribution is 5.83. The topological polar surface area (TPSA) is 82.0 Å². The van der Waals surface area contributed by atoms with E-state index in [0.29, 0.717) is 18.5 Å². The summed E-state index contributed by atoms with van der Waals surface area (Å²) in [5.41, 5.74) is 13.0. The number of hydrogen-bond donors (Lipinski definition) is 2. The molecule has 0 radical (unpaired) electrons. The molecule has 86 valence electrons. The van der Waals surface area contributed by atoms with Gasteiger partial charge in [-0.2, -0.15) is 0 Å². The zero-order valence-corrected chi connectivity index (χ0v) is 9.28. The van der Waals surface area contributed by atoms with Gasteiger partial charge in [-0.05, 0) is 25.3 Å². The first kappa shape index (κ1) is 11.1. The van der Waals surface area contributed by atoms with E-state index in [1.54, 1.807) is 18.5 Å². The van der Waals surface area contributed by atoms with Gasteiger partial charge in [0.05, 0.1) is 0 Å². The lowest BCUT2D eigenvalue weighted by molar-refractivity contribution is -0.120. The molecule has 0 bridgehead atoms. The summed E-state index contributed by atoms with van der Waals surface area (Å²) in [5.74, 6) is 0.155. The van der Waals surface area contributed by atoms with Crippen LogP contribution in [-0.4, -0.2) is 16.3 Å². The summed E-state index contributed by atoms with van der Waals surface area (Å²) < 4.78 is 0. The molecular formula is C12H17N3O. The lowest BCUT2D eigenvalue weighted by atomic mass is 9.74. The number of carbonyl (C=O) groups excluding carboxylic acids is 1. The lowest BCUT2D eigenvalue weighted by Gasteiger charge is -2.37. The third kappa shape index (κ3) is 2.39. The van der Waals surface area contributed by atoms with Crippen molar-refractivity contribution < 1.29 is 4.79 Å². The van der Waals surface area contributed by atoms with Crippen molar-refractivity contribution in [3.63, 3.8) is 0 Å². The highest BCUT2D eigenvalue weighted by Gasteiger charge is 2.34. The van der Waals surface area contributed by atoms with Gasteiger partial charge in [-0.3, -0.25) is 9.78 Å². The zero-order valence-electron chi connectivity index (χ0n) is 9.28. The molecule has 16 heavy (non-hydrogen) atoms. The Balaban J connectivity index is 1.95. The molecule has 1 aliphatic carbocycles. The first-order valence-corrected chi connectivity index (χ1v) is 5.58. The maximum atomic E-state index is 11.8. The second-order valence-corrected chi connectivity index (χ2v) is 4.68. The normalized spacial score (nSPS) is 17.8. The fourth-order valence-corrected chi connectivity index (χ4v) is 2.06. The van der Waals surface area contributed by atoms with Crippen LogP contribution in [0.2, 0.25) is 0 Å². The van der Waals surface area contributed by atoms with E-state index >= 15 is 0 Å². The van der Waals surface area contributed by atoms with E-state index in [1.165, 1.54) is 0 Å². The summed E-state index contributed by atoms with van der Waals surface area (Å²) in [6, 6.07) is 1.71. The lowest BCUT2D eigenvalue weighted by Crippen LogP contribution is -2.48. The Kier molecular flexibility index (Phi) is 2.92. The predicted octanol–water partition coefficient (Wildman–Crippen LogP) is 1.05. The summed E-state index contributed by atoms with van der Waals surface area (Å²) in [5, 5.41) is 0. The number of Topliss-reactive ketones (excluding diaryl/α,β-unsaturated/α-hetero) is 1. The summed E-state index contributed by atoms with van der Waals surface area (Å²) in [6.07, 6.45) is 7.14. The highest BCUT2D eigenvalue weighted by atomic mass is 16.1. The second kappa shape index (κ2) is 4.22. The molecule has 0 unspecified atom stereocenters. The monoisotopic (exact) mass is 219 g/mol. The minimum absolute atomic E-state index is 0.155. The van der Waals surface area contributed by atoms with Gasteiger partial charge in [-0.1, -0.05) is 0 Å². The number of nitrogens with zero attached hydrogens (tertiary/aromatic N) is 1. The number of hydrogen-bond acceptors (Lipinski definition) is 4. The smallest absolute Gasteiger partial charge is 0.139 e. The largest absolute Gasteiger partial charge is 0.398 e. The van der Waals surface area contributed by atoms with Crippen LogP contribution in [0.15, 0.2) is 18.5 Å². The Morgan fingerprint density at radius 3 is 2.81 bits per heavy atom. The molecule has 1 saturated carbocycles. The first-order chi connectivity index (χ1) is 7.59. The van der Waals surface area contributed by atoms with E-state index in [0.717, 1.165) is 24.8 Å². The van der Waals surface area contributed by atoms with E-state index in [1.807, 2.05) is 0 Å². The van der Waals surface area contributed by atoms with Crippen LogP contribution in [0.3, 0.4) is 0 Å². The van der Waals surface area contributed by atoms with Gasteiger partial charge in [0.1, 0.15) is 5.78 Å². The van der Waals surface area contributed by atoms with E-state index in [2.05, 4.69) is 4.98 Å². The van der Waals surface area contributed by atoms with Crippen LogP contribution < -0.4 is 11.5 Å². The van der Waals surface area contributed by atoms with E-state index in [-0.39, 0.29) is 11.3 Å². The zero-order chi connectivity index (χ0) is 11.6. The Hall–Kier alpha value is -1.42. The van der Waals surface area contributed by atoms with Crippen LogP contribution in [0.25, 0.3) is 0 Å². The molecule has 0 amide bonds. The fourth-order valence-electron chi connectivity index (χ4n) is 2.06. The number of carbonyl (C=O) groups is 1. The van der Waals surface area contributed by atoms with Crippen molar-refractivity contribution in [3.05, 3.63) is 24.0 Å². The standard InChI is InChI=1S/C12H17N3O/c13-11-2-5-15-8-9(11)6-10(16)7-12(14)3-1-4-12/h2,5,8H,1,3-4,6-7,14H2,(H2,13,15). The van der Waals surface area contributed by atoms with Gasteiger partial charge in [0, 0.05) is 42.0 Å². The summed E-state index contributed by atoms with van der Waals surface area (Å²) in [4.78, 5) is 15.8. The van der Waals surface area contributed by atoms with Gasteiger partial charge in [0.15, 0.2) is 0 Å². The number of ketones is 1. The minimum Gasteiger partial charge on any atom is -0.398 e. The maximum absolute atomic E-state index is 11.8. The number of nitrogen functional groups attached to an aromatic ring is 1. The maximum Gasteiger partial charge on any atom is 0.139 e. The summed E-state index contributed by atoms with van der Waals surface area (Å²) in [7, 11) is 0. The van der Waals surface area contributed by atoms with E-state index < -0.39 is 0 Å². The molecule has 0 atom stereocenters. The first-order valence-electron chi connectivity index (χ1n) is 5.58. The van der Waals surface area contributed by atoms with Gasteiger partial charge in [-0.25, -0.2) is 0 Å². The van der Waals surface area contributed by atoms with Crippen LogP contribution in [0, 0.1) is 0 Å². The number of pyridine rings is 1. The third-order valence-corrected chi connectivity index (χ3v) is 3.23. The molecule has 0 aromatic carbocycles. The van der Waals surface area contributed by atoms with Crippen LogP contribution in [0.1, 0.15) is 31.2 Å². The third-order valence-electron chi connectivity index (χ3n) is 3.23. The molecular weight excluding hydrogens is 202 g/mol. The molecule has 1 aliphatic rings. The van der Waals surface area contributed by atoms with Gasteiger partial charge in [-0.15, -0.1) is 0 Å².